The van der Waals surface area contributed by atoms with Crippen molar-refractivity contribution in [3.8, 4) is 0 Å². The molecule has 1 aliphatic heterocycles. The summed E-state index contributed by atoms with van der Waals surface area (Å²) < 4.78 is 40.3. The van der Waals surface area contributed by atoms with Crippen LogP contribution in [0.5, 0.6) is 0 Å². The number of hydrogen-bond acceptors (Lipinski definition) is 4. The van der Waals surface area contributed by atoms with Gasteiger partial charge in [0.1, 0.15) is 0 Å². The molecule has 2 N–H and O–H groups in total. The van der Waals surface area contributed by atoms with Crippen LogP contribution in [0.1, 0.15) is 19.4 Å². The minimum atomic E-state index is -4.57. The lowest BCUT2D eigenvalue weighted by Crippen LogP contribution is -2.56. The number of alkyl halides is 3. The Morgan fingerprint density at radius 3 is 2.56 bits per heavy atom. The largest absolute Gasteiger partial charge is 0.418 e. The highest BCUT2D eigenvalue weighted by Crippen LogP contribution is 2.37. The number of hydrogen-bond donors (Lipinski definition) is 2. The summed E-state index contributed by atoms with van der Waals surface area (Å²) in [5.41, 5.74) is -0.723. The number of amides is 2. The zero-order valence-corrected chi connectivity index (χ0v) is 16.0. The number of piperazine rings is 1. The SMILES string of the molecule is C[C@@H]1CN(C[C@@H](C)O)CCN1C(=O)Nc1ccc(N(C)C)cc1C(F)(F)F. The molecular formula is C18H27F3N4O2. The molecule has 9 heteroatoms. The van der Waals surface area contributed by atoms with Crippen LogP contribution in [0.2, 0.25) is 0 Å². The monoisotopic (exact) mass is 388 g/mol. The maximum atomic E-state index is 13.4. The Labute approximate surface area is 157 Å². The third-order valence-corrected chi connectivity index (χ3v) is 4.56. The molecule has 1 aliphatic rings. The zero-order valence-electron chi connectivity index (χ0n) is 16.0. The molecular weight excluding hydrogens is 361 g/mol. The quantitative estimate of drug-likeness (QED) is 0.833. The Morgan fingerprint density at radius 2 is 2.04 bits per heavy atom. The van der Waals surface area contributed by atoms with E-state index >= 15 is 0 Å². The molecule has 27 heavy (non-hydrogen) atoms. The summed E-state index contributed by atoms with van der Waals surface area (Å²) in [6, 6.07) is 3.12. The van der Waals surface area contributed by atoms with Crippen LogP contribution in [-0.2, 0) is 6.18 Å². The van der Waals surface area contributed by atoms with Crippen LogP contribution in [0.15, 0.2) is 18.2 Å². The van der Waals surface area contributed by atoms with Crippen LogP contribution in [0.4, 0.5) is 29.3 Å². The lowest BCUT2D eigenvalue weighted by molar-refractivity contribution is -0.136. The van der Waals surface area contributed by atoms with Crippen molar-refractivity contribution in [2.45, 2.75) is 32.2 Å². The second-order valence-corrected chi connectivity index (χ2v) is 7.20. The second-order valence-electron chi connectivity index (χ2n) is 7.20. The van der Waals surface area contributed by atoms with Gasteiger partial charge in [0, 0.05) is 52.0 Å². The number of benzene rings is 1. The summed E-state index contributed by atoms with van der Waals surface area (Å²) in [6.07, 6.45) is -5.04. The predicted molar refractivity (Wildman–Crippen MR) is 99.1 cm³/mol. The fraction of sp³-hybridized carbons (Fsp3) is 0.611. The van der Waals surface area contributed by atoms with Gasteiger partial charge in [-0.25, -0.2) is 4.79 Å². The number of aliphatic hydroxyl groups excluding tert-OH is 1. The van der Waals surface area contributed by atoms with Crippen molar-refractivity contribution in [1.29, 1.82) is 0 Å². The Morgan fingerprint density at radius 1 is 1.37 bits per heavy atom. The first-order valence-corrected chi connectivity index (χ1v) is 8.85. The van der Waals surface area contributed by atoms with Gasteiger partial charge in [-0.1, -0.05) is 0 Å². The van der Waals surface area contributed by atoms with Gasteiger partial charge >= 0.3 is 12.2 Å². The van der Waals surface area contributed by atoms with E-state index in [0.29, 0.717) is 31.9 Å². The van der Waals surface area contributed by atoms with Gasteiger partial charge in [-0.15, -0.1) is 0 Å². The van der Waals surface area contributed by atoms with E-state index in [1.54, 1.807) is 25.9 Å². The molecule has 2 rings (SSSR count). The first-order chi connectivity index (χ1) is 12.5. The Hall–Kier alpha value is -2.00. The van der Waals surface area contributed by atoms with E-state index < -0.39 is 23.9 Å². The summed E-state index contributed by atoms with van der Waals surface area (Å²) >= 11 is 0. The van der Waals surface area contributed by atoms with E-state index in [0.717, 1.165) is 6.07 Å². The molecule has 1 saturated heterocycles. The van der Waals surface area contributed by atoms with E-state index in [1.807, 2.05) is 11.8 Å². The minimum absolute atomic E-state index is 0.173. The van der Waals surface area contributed by atoms with Crippen molar-refractivity contribution in [2.24, 2.45) is 0 Å². The number of nitrogens with one attached hydrogen (secondary N) is 1. The zero-order chi connectivity index (χ0) is 20.4. The number of urea groups is 1. The van der Waals surface area contributed by atoms with Crippen molar-refractivity contribution >= 4 is 17.4 Å². The van der Waals surface area contributed by atoms with E-state index in [-0.39, 0.29) is 11.7 Å². The fourth-order valence-electron chi connectivity index (χ4n) is 3.22. The molecule has 1 fully saturated rings. The smallest absolute Gasteiger partial charge is 0.392 e. The van der Waals surface area contributed by atoms with Gasteiger partial charge in [-0.2, -0.15) is 13.2 Å². The van der Waals surface area contributed by atoms with Crippen LogP contribution >= 0.6 is 0 Å². The summed E-state index contributed by atoms with van der Waals surface area (Å²) in [5.74, 6) is 0. The summed E-state index contributed by atoms with van der Waals surface area (Å²) in [5, 5.41) is 11.9. The molecule has 0 unspecified atom stereocenters. The number of carbonyl (C=O) groups excluding carboxylic acids is 1. The van der Waals surface area contributed by atoms with Crippen molar-refractivity contribution in [3.63, 3.8) is 0 Å². The predicted octanol–water partition coefficient (Wildman–Crippen LogP) is 2.69. The van der Waals surface area contributed by atoms with Crippen molar-refractivity contribution in [3.05, 3.63) is 23.8 Å². The molecule has 0 saturated carbocycles. The Balaban J connectivity index is 2.14. The number of rotatable bonds is 4. The molecule has 2 amide bonds. The summed E-state index contributed by atoms with van der Waals surface area (Å²) in [4.78, 5) is 17.7. The lowest BCUT2D eigenvalue weighted by Gasteiger charge is -2.40. The van der Waals surface area contributed by atoms with Gasteiger partial charge in [-0.05, 0) is 32.0 Å². The topological polar surface area (TPSA) is 59.1 Å². The highest BCUT2D eigenvalue weighted by atomic mass is 19.4. The van der Waals surface area contributed by atoms with Crippen molar-refractivity contribution in [2.75, 3.05) is 50.5 Å². The molecule has 0 radical (unpaired) electrons. The van der Waals surface area contributed by atoms with E-state index in [4.69, 9.17) is 0 Å². The molecule has 0 spiro atoms. The first kappa shape index (κ1) is 21.3. The molecule has 2 atom stereocenters. The molecule has 0 bridgehead atoms. The van der Waals surface area contributed by atoms with Crippen LogP contribution in [-0.4, -0.2) is 73.4 Å². The highest BCUT2D eigenvalue weighted by molar-refractivity contribution is 5.91. The second kappa shape index (κ2) is 8.35. The number of halogens is 3. The van der Waals surface area contributed by atoms with Crippen LogP contribution in [0, 0.1) is 0 Å². The minimum Gasteiger partial charge on any atom is -0.392 e. The van der Waals surface area contributed by atoms with Crippen molar-refractivity contribution in [1.82, 2.24) is 9.80 Å². The van der Waals surface area contributed by atoms with Crippen molar-refractivity contribution < 1.29 is 23.1 Å². The molecule has 1 aromatic rings. The number of anilines is 2. The number of β-amino-alcohol motifs (C(OH)–C–C–N with tert-alkyl or cyclic N) is 1. The lowest BCUT2D eigenvalue weighted by atomic mass is 10.1. The van der Waals surface area contributed by atoms with Crippen LogP contribution in [0.25, 0.3) is 0 Å². The normalized spacial score (nSPS) is 19.7. The average Bonchev–Trinajstić information content (AvgIpc) is 2.53. The third-order valence-electron chi connectivity index (χ3n) is 4.56. The number of nitrogens with zero attached hydrogens (tertiary/aromatic N) is 3. The van der Waals surface area contributed by atoms with Gasteiger partial charge in [0.15, 0.2) is 0 Å². The standard InChI is InChI=1S/C18H27F3N4O2/c1-12-10-24(11-13(2)26)7-8-25(12)17(27)22-16-6-5-14(23(3)4)9-15(16)18(19,20)21/h5-6,9,12-13,26H,7-8,10-11H2,1-4H3,(H,22,27)/t12-,13-/m1/s1. The van der Waals surface area contributed by atoms with Gasteiger partial charge in [0.25, 0.3) is 0 Å². The van der Waals surface area contributed by atoms with Gasteiger partial charge in [0.2, 0.25) is 0 Å². The number of carbonyl (C=O) groups is 1. The molecule has 0 aromatic heterocycles. The van der Waals surface area contributed by atoms with E-state index in [2.05, 4.69) is 5.32 Å². The maximum absolute atomic E-state index is 13.4. The van der Waals surface area contributed by atoms with Gasteiger partial charge in [-0.3, -0.25) is 4.90 Å². The molecule has 152 valence electrons. The van der Waals surface area contributed by atoms with Crippen LogP contribution < -0.4 is 10.2 Å². The van der Waals surface area contributed by atoms with Crippen LogP contribution in [0.3, 0.4) is 0 Å². The summed E-state index contributed by atoms with van der Waals surface area (Å²) in [7, 11) is 3.31. The maximum Gasteiger partial charge on any atom is 0.418 e. The highest BCUT2D eigenvalue weighted by Gasteiger charge is 2.35. The molecule has 1 aromatic carbocycles. The Bertz CT molecular complexity index is 664. The summed E-state index contributed by atoms with van der Waals surface area (Å²) in [6.45, 7) is 5.55. The third kappa shape index (κ3) is 5.49. The number of aliphatic hydroxyl groups is 1. The Kier molecular flexibility index (Phi) is 6.59. The van der Waals surface area contributed by atoms with Gasteiger partial charge < -0.3 is 20.2 Å². The van der Waals surface area contributed by atoms with E-state index in [1.165, 1.54) is 17.0 Å². The fourth-order valence-corrected chi connectivity index (χ4v) is 3.22. The van der Waals surface area contributed by atoms with E-state index in [9.17, 15) is 23.1 Å². The van der Waals surface area contributed by atoms with Gasteiger partial charge in [0.05, 0.1) is 17.4 Å². The first-order valence-electron chi connectivity index (χ1n) is 8.85. The molecule has 1 heterocycles. The average molecular weight is 388 g/mol. The molecule has 6 nitrogen and oxygen atoms in total. The molecule has 0 aliphatic carbocycles.